The Labute approximate surface area is 165 Å². The number of hydrogen-bond donors (Lipinski definition) is 2. The topological polar surface area (TPSA) is 67.4 Å². The first-order valence-corrected chi connectivity index (χ1v) is 12.2. The number of sulfone groups is 1. The van der Waals surface area contributed by atoms with Gasteiger partial charge in [0.05, 0.1) is 11.5 Å². The van der Waals surface area contributed by atoms with E-state index >= 15 is 0 Å². The van der Waals surface area contributed by atoms with E-state index < -0.39 is 9.84 Å². The van der Waals surface area contributed by atoms with Crippen LogP contribution < -0.4 is 10.6 Å². The van der Waals surface area contributed by atoms with E-state index in [-0.39, 0.29) is 12.3 Å². The van der Waals surface area contributed by atoms with Gasteiger partial charge in [0.25, 0.3) is 0 Å². The van der Waals surface area contributed by atoms with Crippen molar-refractivity contribution in [1.29, 1.82) is 0 Å². The molecule has 0 spiro atoms. The first-order chi connectivity index (χ1) is 13.0. The van der Waals surface area contributed by atoms with Gasteiger partial charge in [-0.25, -0.2) is 8.42 Å². The molecular formula is C20H26N2O3S2. The average molecular weight is 407 g/mol. The quantitative estimate of drug-likeness (QED) is 0.799. The minimum absolute atomic E-state index is 0.0152. The van der Waals surface area contributed by atoms with Gasteiger partial charge in [0, 0.05) is 29.6 Å². The van der Waals surface area contributed by atoms with E-state index in [1.54, 1.807) is 23.5 Å². The fraction of sp³-hybridized carbons (Fsp3) is 0.500. The molecular weight excluding hydrogens is 380 g/mol. The van der Waals surface area contributed by atoms with Crippen molar-refractivity contribution in [3.8, 4) is 0 Å². The van der Waals surface area contributed by atoms with E-state index in [0.717, 1.165) is 18.5 Å². The summed E-state index contributed by atoms with van der Waals surface area (Å²) in [5.74, 6) is 0.490. The first kappa shape index (κ1) is 19.1. The van der Waals surface area contributed by atoms with Crippen LogP contribution in [-0.4, -0.2) is 33.5 Å². The first-order valence-electron chi connectivity index (χ1n) is 9.44. The smallest absolute Gasteiger partial charge is 0.175 e. The molecule has 4 rings (SSSR count). The number of hydrogen-bond acceptors (Lipinski definition) is 6. The molecule has 4 atom stereocenters. The van der Waals surface area contributed by atoms with E-state index in [2.05, 4.69) is 22.1 Å². The lowest BCUT2D eigenvalue weighted by Gasteiger charge is -2.46. The fourth-order valence-corrected chi connectivity index (χ4v) is 5.47. The molecule has 0 bridgehead atoms. The summed E-state index contributed by atoms with van der Waals surface area (Å²) in [6, 6.07) is 12.1. The summed E-state index contributed by atoms with van der Waals surface area (Å²) in [4.78, 5) is 1.59. The van der Waals surface area contributed by atoms with Crippen LogP contribution in [0.5, 0.6) is 0 Å². The Hall–Kier alpha value is -1.25. The molecule has 7 heteroatoms. The van der Waals surface area contributed by atoms with Crippen molar-refractivity contribution in [2.45, 2.75) is 49.1 Å². The third kappa shape index (κ3) is 4.43. The van der Waals surface area contributed by atoms with Crippen molar-refractivity contribution in [1.82, 2.24) is 10.6 Å². The second kappa shape index (κ2) is 8.01. The molecule has 4 unspecified atom stereocenters. The van der Waals surface area contributed by atoms with Gasteiger partial charge in [-0.1, -0.05) is 18.2 Å². The van der Waals surface area contributed by atoms with Crippen LogP contribution in [0.15, 0.2) is 46.7 Å². The van der Waals surface area contributed by atoms with Gasteiger partial charge in [0.1, 0.15) is 6.23 Å². The number of piperidine rings is 2. The van der Waals surface area contributed by atoms with Crippen LogP contribution >= 0.6 is 11.3 Å². The number of rotatable bonds is 5. The second-order valence-corrected chi connectivity index (χ2v) is 10.5. The normalized spacial score (nSPS) is 28.6. The Bertz CT molecular complexity index is 850. The summed E-state index contributed by atoms with van der Waals surface area (Å²) in [6.45, 7) is 1.67. The minimum Gasteiger partial charge on any atom is -0.358 e. The largest absolute Gasteiger partial charge is 0.358 e. The number of thiophene rings is 1. The van der Waals surface area contributed by atoms with Crippen molar-refractivity contribution in [2.24, 2.45) is 5.92 Å². The van der Waals surface area contributed by atoms with Crippen molar-refractivity contribution in [2.75, 3.05) is 12.8 Å². The summed E-state index contributed by atoms with van der Waals surface area (Å²) >= 11 is 1.71. The number of nitrogens with one attached hydrogen (secondary N) is 2. The predicted octanol–water partition coefficient (Wildman–Crippen LogP) is 3.10. The number of ether oxygens (including phenoxy) is 1. The molecule has 0 amide bonds. The van der Waals surface area contributed by atoms with Crippen LogP contribution in [-0.2, 0) is 21.2 Å². The SMILES string of the molecule is CS(=O)(=O)c1ccc(C2NC(OCc3cccs3)CC3NCCCC32)cc1. The molecule has 1 aromatic heterocycles. The van der Waals surface area contributed by atoms with Gasteiger partial charge in [-0.05, 0) is 54.4 Å². The van der Waals surface area contributed by atoms with E-state index in [9.17, 15) is 8.42 Å². The highest BCUT2D eigenvalue weighted by Gasteiger charge is 2.39. The molecule has 0 saturated carbocycles. The van der Waals surface area contributed by atoms with Gasteiger partial charge < -0.3 is 10.1 Å². The highest BCUT2D eigenvalue weighted by molar-refractivity contribution is 7.90. The van der Waals surface area contributed by atoms with Crippen LogP contribution in [0.2, 0.25) is 0 Å². The molecule has 146 valence electrons. The third-order valence-electron chi connectivity index (χ3n) is 5.57. The Morgan fingerprint density at radius 2 is 2.04 bits per heavy atom. The lowest BCUT2D eigenvalue weighted by Crippen LogP contribution is -2.56. The van der Waals surface area contributed by atoms with Gasteiger partial charge in [-0.3, -0.25) is 5.32 Å². The van der Waals surface area contributed by atoms with Crippen LogP contribution in [0.3, 0.4) is 0 Å². The molecule has 2 saturated heterocycles. The zero-order valence-electron chi connectivity index (χ0n) is 15.4. The van der Waals surface area contributed by atoms with Gasteiger partial charge in [0.2, 0.25) is 0 Å². The lowest BCUT2D eigenvalue weighted by atomic mass is 9.77. The number of benzene rings is 1. The monoisotopic (exact) mass is 406 g/mol. The molecule has 0 radical (unpaired) electrons. The maximum Gasteiger partial charge on any atom is 0.175 e. The summed E-state index contributed by atoms with van der Waals surface area (Å²) in [7, 11) is -3.17. The molecule has 1 aromatic carbocycles. The van der Waals surface area contributed by atoms with Crippen molar-refractivity contribution in [3.05, 3.63) is 52.2 Å². The standard InChI is InChI=1S/C20H26N2O3S2/c1-27(23,24)16-8-6-14(7-9-16)20-17-5-2-10-21-18(17)12-19(22-20)25-13-15-4-3-11-26-15/h3-4,6-9,11,17-22H,2,5,10,12-13H2,1H3. The maximum atomic E-state index is 11.8. The molecule has 2 aromatic rings. The lowest BCUT2D eigenvalue weighted by molar-refractivity contribution is -0.0410. The maximum absolute atomic E-state index is 11.8. The van der Waals surface area contributed by atoms with Crippen molar-refractivity contribution in [3.63, 3.8) is 0 Å². The van der Waals surface area contributed by atoms with Crippen LogP contribution in [0.25, 0.3) is 0 Å². The van der Waals surface area contributed by atoms with Crippen LogP contribution in [0.1, 0.15) is 35.7 Å². The van der Waals surface area contributed by atoms with E-state index in [4.69, 9.17) is 4.74 Å². The Kier molecular flexibility index (Phi) is 5.66. The molecule has 0 aliphatic carbocycles. The molecule has 2 fully saturated rings. The molecule has 3 heterocycles. The Balaban J connectivity index is 1.52. The van der Waals surface area contributed by atoms with Gasteiger partial charge in [-0.2, -0.15) is 0 Å². The fourth-order valence-electron chi connectivity index (χ4n) is 4.22. The van der Waals surface area contributed by atoms with Crippen molar-refractivity contribution >= 4 is 21.2 Å². The van der Waals surface area contributed by atoms with Gasteiger partial charge in [0.15, 0.2) is 9.84 Å². The summed E-state index contributed by atoms with van der Waals surface area (Å²) in [5, 5.41) is 9.42. The Morgan fingerprint density at radius 3 is 2.74 bits per heavy atom. The highest BCUT2D eigenvalue weighted by atomic mass is 32.2. The summed E-state index contributed by atoms with van der Waals surface area (Å²) in [5.41, 5.74) is 1.13. The van der Waals surface area contributed by atoms with Crippen LogP contribution in [0.4, 0.5) is 0 Å². The third-order valence-corrected chi connectivity index (χ3v) is 7.55. The molecule has 5 nitrogen and oxygen atoms in total. The molecule has 27 heavy (non-hydrogen) atoms. The zero-order chi connectivity index (χ0) is 18.9. The Morgan fingerprint density at radius 1 is 1.22 bits per heavy atom. The minimum atomic E-state index is -3.17. The van der Waals surface area contributed by atoms with E-state index in [0.29, 0.717) is 23.5 Å². The summed E-state index contributed by atoms with van der Waals surface area (Å²) < 4.78 is 29.7. The van der Waals surface area contributed by atoms with Gasteiger partial charge in [-0.15, -0.1) is 11.3 Å². The molecule has 2 aliphatic rings. The average Bonchev–Trinajstić information content (AvgIpc) is 3.19. The van der Waals surface area contributed by atoms with Crippen LogP contribution in [0, 0.1) is 5.92 Å². The zero-order valence-corrected chi connectivity index (χ0v) is 17.1. The highest BCUT2D eigenvalue weighted by Crippen LogP contribution is 2.37. The van der Waals surface area contributed by atoms with Gasteiger partial charge >= 0.3 is 0 Å². The van der Waals surface area contributed by atoms with E-state index in [1.807, 2.05) is 18.2 Å². The van der Waals surface area contributed by atoms with E-state index in [1.165, 1.54) is 24.0 Å². The predicted molar refractivity (Wildman–Crippen MR) is 107 cm³/mol. The number of fused-ring (bicyclic) bond motifs is 1. The second-order valence-electron chi connectivity index (χ2n) is 7.47. The molecule has 2 aliphatic heterocycles. The molecule has 2 N–H and O–H groups in total. The van der Waals surface area contributed by atoms with Crippen molar-refractivity contribution < 1.29 is 13.2 Å². The summed E-state index contributed by atoms with van der Waals surface area (Å²) in [6.07, 6.45) is 4.52.